The number of methoxy groups -OCH3 is 1. The van der Waals surface area contributed by atoms with E-state index < -0.39 is 0 Å². The predicted octanol–water partition coefficient (Wildman–Crippen LogP) is 4.20. The molecule has 110 valence electrons. The first-order chi connectivity index (χ1) is 10.3. The third-order valence-electron chi connectivity index (χ3n) is 2.94. The van der Waals surface area contributed by atoms with Crippen LogP contribution in [-0.4, -0.2) is 20.0 Å². The monoisotopic (exact) mass is 302 g/mol. The van der Waals surface area contributed by atoms with Crippen molar-refractivity contribution >= 4 is 18.0 Å². The lowest BCUT2D eigenvalue weighted by Crippen LogP contribution is -2.01. The Morgan fingerprint density at radius 1 is 1.19 bits per heavy atom. The molecule has 0 atom stereocenters. The molecule has 2 aromatic carbocycles. The first-order valence-corrected chi connectivity index (χ1v) is 7.73. The van der Waals surface area contributed by atoms with E-state index in [1.54, 1.807) is 24.9 Å². The minimum atomic E-state index is 0.555. The first-order valence-electron chi connectivity index (χ1n) is 6.75. The van der Waals surface area contributed by atoms with Crippen molar-refractivity contribution in [1.82, 2.24) is 0 Å². The number of ether oxygens (including phenoxy) is 2. The van der Waals surface area contributed by atoms with Crippen molar-refractivity contribution in [3.05, 3.63) is 53.6 Å². The average molecular weight is 302 g/mol. The molecule has 0 bridgehead atoms. The highest BCUT2D eigenvalue weighted by molar-refractivity contribution is 7.98. The molecule has 21 heavy (non-hydrogen) atoms. The highest BCUT2D eigenvalue weighted by Gasteiger charge is 2.13. The molecule has 0 spiro atoms. The second-order valence-corrected chi connectivity index (χ2v) is 5.41. The molecular weight excluding hydrogens is 284 g/mol. The SMILES string of the molecule is CCOc1c(CSc2ccccc2)cc(C=O)cc1OC. The maximum Gasteiger partial charge on any atom is 0.165 e. The number of aldehydes is 1. The Kier molecular flexibility index (Phi) is 5.69. The zero-order valence-corrected chi connectivity index (χ0v) is 13.0. The van der Waals surface area contributed by atoms with Gasteiger partial charge in [0.2, 0.25) is 0 Å². The summed E-state index contributed by atoms with van der Waals surface area (Å²) in [4.78, 5) is 12.2. The largest absolute Gasteiger partial charge is 0.493 e. The summed E-state index contributed by atoms with van der Waals surface area (Å²) in [5.74, 6) is 2.04. The lowest BCUT2D eigenvalue weighted by atomic mass is 10.1. The Balaban J connectivity index is 2.28. The van der Waals surface area contributed by atoms with E-state index in [2.05, 4.69) is 12.1 Å². The first kappa shape index (κ1) is 15.4. The number of thioether (sulfide) groups is 1. The number of hydrogen-bond acceptors (Lipinski definition) is 4. The van der Waals surface area contributed by atoms with Crippen LogP contribution in [0.15, 0.2) is 47.4 Å². The minimum absolute atomic E-state index is 0.555. The summed E-state index contributed by atoms with van der Waals surface area (Å²) in [6.07, 6.45) is 0.828. The Morgan fingerprint density at radius 3 is 2.57 bits per heavy atom. The van der Waals surface area contributed by atoms with Gasteiger partial charge in [0.1, 0.15) is 6.29 Å². The van der Waals surface area contributed by atoms with Crippen LogP contribution >= 0.6 is 11.8 Å². The van der Waals surface area contributed by atoms with E-state index in [-0.39, 0.29) is 0 Å². The van der Waals surface area contributed by atoms with Crippen LogP contribution in [0.1, 0.15) is 22.8 Å². The molecule has 0 saturated heterocycles. The summed E-state index contributed by atoms with van der Waals surface area (Å²) < 4.78 is 11.0. The molecule has 2 aromatic rings. The van der Waals surface area contributed by atoms with Gasteiger partial charge in [0.05, 0.1) is 13.7 Å². The van der Waals surface area contributed by atoms with E-state index >= 15 is 0 Å². The van der Waals surface area contributed by atoms with Gasteiger partial charge in [-0.1, -0.05) is 18.2 Å². The molecule has 0 aromatic heterocycles. The van der Waals surface area contributed by atoms with Gasteiger partial charge < -0.3 is 9.47 Å². The maximum atomic E-state index is 11.1. The van der Waals surface area contributed by atoms with Crippen molar-refractivity contribution in [2.24, 2.45) is 0 Å². The van der Waals surface area contributed by atoms with Crippen molar-refractivity contribution in [2.45, 2.75) is 17.6 Å². The Hall–Kier alpha value is -1.94. The molecule has 0 aliphatic carbocycles. The van der Waals surface area contributed by atoms with E-state index in [0.29, 0.717) is 23.7 Å². The van der Waals surface area contributed by atoms with Gasteiger partial charge in [0.25, 0.3) is 0 Å². The Labute approximate surface area is 129 Å². The fraction of sp³-hybridized carbons (Fsp3) is 0.235. The van der Waals surface area contributed by atoms with Crippen molar-refractivity contribution in [2.75, 3.05) is 13.7 Å². The molecule has 0 aliphatic rings. The minimum Gasteiger partial charge on any atom is -0.493 e. The smallest absolute Gasteiger partial charge is 0.165 e. The zero-order chi connectivity index (χ0) is 15.1. The van der Waals surface area contributed by atoms with E-state index in [9.17, 15) is 4.79 Å². The van der Waals surface area contributed by atoms with Gasteiger partial charge in [-0.15, -0.1) is 11.8 Å². The maximum absolute atomic E-state index is 11.1. The molecule has 0 unspecified atom stereocenters. The van der Waals surface area contributed by atoms with Crippen LogP contribution in [0.25, 0.3) is 0 Å². The van der Waals surface area contributed by atoms with Crippen LogP contribution < -0.4 is 9.47 Å². The van der Waals surface area contributed by atoms with E-state index in [1.165, 1.54) is 4.90 Å². The molecule has 0 aliphatic heterocycles. The second kappa shape index (κ2) is 7.74. The fourth-order valence-corrected chi connectivity index (χ4v) is 2.88. The molecule has 0 N–H and O–H groups in total. The van der Waals surface area contributed by atoms with Gasteiger partial charge in [0.15, 0.2) is 11.5 Å². The standard InChI is InChI=1S/C17H18O3S/c1-3-20-17-14(9-13(11-18)10-16(17)19-2)12-21-15-7-5-4-6-8-15/h4-11H,3,12H2,1-2H3. The second-order valence-electron chi connectivity index (χ2n) is 4.36. The lowest BCUT2D eigenvalue weighted by molar-refractivity contribution is 0.112. The lowest BCUT2D eigenvalue weighted by Gasteiger charge is -2.15. The Morgan fingerprint density at radius 2 is 1.95 bits per heavy atom. The van der Waals surface area contributed by atoms with Gasteiger partial charge in [-0.25, -0.2) is 0 Å². The summed E-state index contributed by atoms with van der Waals surface area (Å²) in [5, 5.41) is 0. The van der Waals surface area contributed by atoms with Gasteiger partial charge in [-0.3, -0.25) is 4.79 Å². The highest BCUT2D eigenvalue weighted by atomic mass is 32.2. The number of carbonyl (C=O) groups excluding carboxylic acids is 1. The molecule has 0 radical (unpaired) electrons. The molecule has 2 rings (SSSR count). The molecule has 3 nitrogen and oxygen atoms in total. The van der Waals surface area contributed by atoms with Crippen molar-refractivity contribution in [3.63, 3.8) is 0 Å². The molecule has 4 heteroatoms. The van der Waals surface area contributed by atoms with E-state index in [1.807, 2.05) is 31.2 Å². The molecule has 0 amide bonds. The molecular formula is C17H18O3S. The number of carbonyl (C=O) groups is 1. The van der Waals surface area contributed by atoms with Gasteiger partial charge in [-0.2, -0.15) is 0 Å². The van der Waals surface area contributed by atoms with Gasteiger partial charge in [-0.05, 0) is 31.2 Å². The number of rotatable bonds is 7. The van der Waals surface area contributed by atoms with Gasteiger partial charge >= 0.3 is 0 Å². The van der Waals surface area contributed by atoms with E-state index in [0.717, 1.165) is 17.6 Å². The Bertz CT molecular complexity index is 596. The highest BCUT2D eigenvalue weighted by Crippen LogP contribution is 2.36. The average Bonchev–Trinajstić information content (AvgIpc) is 2.54. The summed E-state index contributed by atoms with van der Waals surface area (Å²) >= 11 is 1.70. The van der Waals surface area contributed by atoms with E-state index in [4.69, 9.17) is 9.47 Å². The van der Waals surface area contributed by atoms with Crippen LogP contribution in [0.2, 0.25) is 0 Å². The third-order valence-corrected chi connectivity index (χ3v) is 4.00. The fourth-order valence-electron chi connectivity index (χ4n) is 2.00. The molecule has 0 fully saturated rings. The summed E-state index contributed by atoms with van der Waals surface area (Å²) in [7, 11) is 1.58. The topological polar surface area (TPSA) is 35.5 Å². The molecule has 0 saturated carbocycles. The van der Waals surface area contributed by atoms with Crippen LogP contribution in [-0.2, 0) is 5.75 Å². The van der Waals surface area contributed by atoms with Gasteiger partial charge in [0, 0.05) is 21.8 Å². The van der Waals surface area contributed by atoms with Crippen LogP contribution in [0, 0.1) is 0 Å². The van der Waals surface area contributed by atoms with Crippen molar-refractivity contribution < 1.29 is 14.3 Å². The zero-order valence-electron chi connectivity index (χ0n) is 12.2. The predicted molar refractivity (Wildman–Crippen MR) is 85.6 cm³/mol. The van der Waals surface area contributed by atoms with Crippen LogP contribution in [0.5, 0.6) is 11.5 Å². The molecule has 0 heterocycles. The number of benzene rings is 2. The normalized spacial score (nSPS) is 10.2. The van der Waals surface area contributed by atoms with Crippen molar-refractivity contribution in [1.29, 1.82) is 0 Å². The third kappa shape index (κ3) is 4.02. The summed E-state index contributed by atoms with van der Waals surface area (Å²) in [5.41, 5.74) is 1.56. The van der Waals surface area contributed by atoms with Crippen LogP contribution in [0.3, 0.4) is 0 Å². The summed E-state index contributed by atoms with van der Waals surface area (Å²) in [6, 6.07) is 13.7. The summed E-state index contributed by atoms with van der Waals surface area (Å²) in [6.45, 7) is 2.49. The van der Waals surface area contributed by atoms with Crippen molar-refractivity contribution in [3.8, 4) is 11.5 Å². The number of hydrogen-bond donors (Lipinski definition) is 0. The quantitative estimate of drug-likeness (QED) is 0.567. The van der Waals surface area contributed by atoms with Crippen LogP contribution in [0.4, 0.5) is 0 Å².